The molecule has 1 aromatic rings. The second-order valence-corrected chi connectivity index (χ2v) is 5.99. The molecule has 1 aromatic carbocycles. The van der Waals surface area contributed by atoms with Crippen LogP contribution in [0.15, 0.2) is 18.2 Å². The number of esters is 1. The standard InChI is InChI=1S/C17H25NO5/c1-10(2)17(21)22-9-13-6-7-14(18-11(3)4)15(8-13)23-12(5)16(19)20/h6-8,10-12,18H,9H2,1-5H3,(H,19,20)/t12-/m1/s1. The number of hydrogen-bond acceptors (Lipinski definition) is 5. The summed E-state index contributed by atoms with van der Waals surface area (Å²) in [5.41, 5.74) is 1.44. The lowest BCUT2D eigenvalue weighted by Gasteiger charge is -2.18. The van der Waals surface area contributed by atoms with Crippen LogP contribution in [-0.4, -0.2) is 29.2 Å². The molecule has 6 nitrogen and oxygen atoms in total. The average molecular weight is 323 g/mol. The van der Waals surface area contributed by atoms with E-state index in [4.69, 9.17) is 14.6 Å². The summed E-state index contributed by atoms with van der Waals surface area (Å²) in [6, 6.07) is 5.47. The van der Waals surface area contributed by atoms with Gasteiger partial charge in [-0.05, 0) is 38.5 Å². The molecule has 0 bridgehead atoms. The fourth-order valence-electron chi connectivity index (χ4n) is 1.75. The van der Waals surface area contributed by atoms with Crippen molar-refractivity contribution < 1.29 is 24.2 Å². The molecule has 0 aliphatic carbocycles. The van der Waals surface area contributed by atoms with E-state index in [9.17, 15) is 9.59 Å². The van der Waals surface area contributed by atoms with E-state index in [2.05, 4.69) is 5.32 Å². The van der Waals surface area contributed by atoms with Gasteiger partial charge in [-0.25, -0.2) is 4.79 Å². The summed E-state index contributed by atoms with van der Waals surface area (Å²) >= 11 is 0. The normalized spacial score (nSPS) is 12.1. The monoisotopic (exact) mass is 323 g/mol. The number of nitrogens with one attached hydrogen (secondary N) is 1. The maximum atomic E-state index is 11.5. The summed E-state index contributed by atoms with van der Waals surface area (Å²) in [6.45, 7) is 9.07. The molecule has 0 radical (unpaired) electrons. The van der Waals surface area contributed by atoms with Crippen molar-refractivity contribution in [2.75, 3.05) is 5.32 Å². The summed E-state index contributed by atoms with van der Waals surface area (Å²) in [7, 11) is 0. The van der Waals surface area contributed by atoms with Gasteiger partial charge in [0.05, 0.1) is 11.6 Å². The largest absolute Gasteiger partial charge is 0.479 e. The van der Waals surface area contributed by atoms with Crippen molar-refractivity contribution in [2.24, 2.45) is 5.92 Å². The Morgan fingerprint density at radius 1 is 1.17 bits per heavy atom. The SMILES string of the molecule is CC(C)Nc1ccc(COC(=O)C(C)C)cc1O[C@H](C)C(=O)O. The molecule has 0 fully saturated rings. The zero-order valence-corrected chi connectivity index (χ0v) is 14.3. The molecule has 2 N–H and O–H groups in total. The van der Waals surface area contributed by atoms with Crippen LogP contribution in [0.25, 0.3) is 0 Å². The minimum atomic E-state index is -1.04. The Morgan fingerprint density at radius 3 is 2.35 bits per heavy atom. The molecule has 128 valence electrons. The first kappa shape index (κ1) is 18.8. The average Bonchev–Trinajstić information content (AvgIpc) is 2.46. The smallest absolute Gasteiger partial charge is 0.344 e. The molecular formula is C17H25NO5. The molecule has 0 aliphatic rings. The van der Waals surface area contributed by atoms with E-state index in [1.807, 2.05) is 19.9 Å². The highest BCUT2D eigenvalue weighted by molar-refractivity contribution is 5.73. The number of anilines is 1. The molecule has 0 saturated carbocycles. The van der Waals surface area contributed by atoms with E-state index in [0.29, 0.717) is 11.4 Å². The van der Waals surface area contributed by atoms with E-state index < -0.39 is 12.1 Å². The highest BCUT2D eigenvalue weighted by atomic mass is 16.5. The molecule has 0 spiro atoms. The van der Waals surface area contributed by atoms with E-state index in [1.54, 1.807) is 26.0 Å². The first-order chi connectivity index (χ1) is 10.7. The third kappa shape index (κ3) is 6.18. The van der Waals surface area contributed by atoms with E-state index in [0.717, 1.165) is 5.56 Å². The molecule has 0 aromatic heterocycles. The second-order valence-electron chi connectivity index (χ2n) is 5.99. The second kappa shape index (κ2) is 8.41. The van der Waals surface area contributed by atoms with E-state index >= 15 is 0 Å². The van der Waals surface area contributed by atoms with Crippen LogP contribution in [0.4, 0.5) is 5.69 Å². The minimum Gasteiger partial charge on any atom is -0.479 e. The summed E-state index contributed by atoms with van der Waals surface area (Å²) in [4.78, 5) is 22.5. The molecule has 0 aliphatic heterocycles. The van der Waals surface area contributed by atoms with Crippen LogP contribution >= 0.6 is 0 Å². The zero-order chi connectivity index (χ0) is 17.6. The minimum absolute atomic E-state index is 0.122. The summed E-state index contributed by atoms with van der Waals surface area (Å²) in [6.07, 6.45) is -0.976. The van der Waals surface area contributed by atoms with Crippen molar-refractivity contribution in [3.05, 3.63) is 23.8 Å². The van der Waals surface area contributed by atoms with Crippen molar-refractivity contribution in [2.45, 2.75) is 53.4 Å². The lowest BCUT2D eigenvalue weighted by atomic mass is 10.1. The van der Waals surface area contributed by atoms with Crippen LogP contribution in [-0.2, 0) is 20.9 Å². The maximum Gasteiger partial charge on any atom is 0.344 e. The number of carbonyl (C=O) groups excluding carboxylic acids is 1. The molecular weight excluding hydrogens is 298 g/mol. The van der Waals surface area contributed by atoms with Crippen molar-refractivity contribution >= 4 is 17.6 Å². The van der Waals surface area contributed by atoms with Crippen molar-refractivity contribution in [3.8, 4) is 5.75 Å². The van der Waals surface area contributed by atoms with Crippen molar-refractivity contribution in [1.29, 1.82) is 0 Å². The van der Waals surface area contributed by atoms with E-state index in [-0.39, 0.29) is 24.5 Å². The van der Waals surface area contributed by atoms with Gasteiger partial charge in [0, 0.05) is 6.04 Å². The summed E-state index contributed by atoms with van der Waals surface area (Å²) in [5.74, 6) is -1.10. The van der Waals surface area contributed by atoms with Crippen LogP contribution in [0, 0.1) is 5.92 Å². The zero-order valence-electron chi connectivity index (χ0n) is 14.3. The first-order valence-corrected chi connectivity index (χ1v) is 7.66. The van der Waals surface area contributed by atoms with Gasteiger partial charge in [-0.2, -0.15) is 0 Å². The molecule has 0 saturated heterocycles. The predicted octanol–water partition coefficient (Wildman–Crippen LogP) is 3.06. The Morgan fingerprint density at radius 2 is 1.83 bits per heavy atom. The third-order valence-corrected chi connectivity index (χ3v) is 2.99. The number of carboxylic acid groups (broad SMARTS) is 1. The number of benzene rings is 1. The molecule has 23 heavy (non-hydrogen) atoms. The van der Waals surface area contributed by atoms with Gasteiger partial charge >= 0.3 is 11.9 Å². The van der Waals surface area contributed by atoms with Gasteiger partial charge in [0.25, 0.3) is 0 Å². The lowest BCUT2D eigenvalue weighted by molar-refractivity contribution is -0.148. The number of hydrogen-bond donors (Lipinski definition) is 2. The Hall–Kier alpha value is -2.24. The third-order valence-electron chi connectivity index (χ3n) is 2.99. The topological polar surface area (TPSA) is 84.9 Å². The van der Waals surface area contributed by atoms with Crippen LogP contribution in [0.2, 0.25) is 0 Å². The molecule has 0 heterocycles. The number of ether oxygens (including phenoxy) is 2. The van der Waals surface area contributed by atoms with Gasteiger partial charge in [-0.3, -0.25) is 4.79 Å². The summed E-state index contributed by atoms with van der Waals surface area (Å²) in [5, 5.41) is 12.2. The fraction of sp³-hybridized carbons (Fsp3) is 0.529. The van der Waals surface area contributed by atoms with Crippen LogP contribution in [0.5, 0.6) is 5.75 Å². The van der Waals surface area contributed by atoms with Crippen molar-refractivity contribution in [1.82, 2.24) is 0 Å². The van der Waals surface area contributed by atoms with Crippen molar-refractivity contribution in [3.63, 3.8) is 0 Å². The van der Waals surface area contributed by atoms with Gasteiger partial charge in [0.2, 0.25) is 0 Å². The number of rotatable bonds is 8. The molecule has 1 rings (SSSR count). The predicted molar refractivity (Wildman–Crippen MR) is 87.6 cm³/mol. The van der Waals surface area contributed by atoms with Gasteiger partial charge in [0.15, 0.2) is 6.10 Å². The maximum absolute atomic E-state index is 11.5. The van der Waals surface area contributed by atoms with Gasteiger partial charge in [-0.1, -0.05) is 19.9 Å². The van der Waals surface area contributed by atoms with Gasteiger partial charge in [0.1, 0.15) is 12.4 Å². The Balaban J connectivity index is 2.94. The Kier molecular flexibility index (Phi) is 6.88. The van der Waals surface area contributed by atoms with Crippen LogP contribution in [0.3, 0.4) is 0 Å². The number of carboxylic acids is 1. The molecule has 0 amide bonds. The quantitative estimate of drug-likeness (QED) is 0.715. The van der Waals surface area contributed by atoms with Gasteiger partial charge < -0.3 is 19.9 Å². The molecule has 1 atom stereocenters. The fourth-order valence-corrected chi connectivity index (χ4v) is 1.75. The van der Waals surface area contributed by atoms with Crippen LogP contribution < -0.4 is 10.1 Å². The van der Waals surface area contributed by atoms with Gasteiger partial charge in [-0.15, -0.1) is 0 Å². The molecule has 0 unspecified atom stereocenters. The lowest BCUT2D eigenvalue weighted by Crippen LogP contribution is -2.24. The highest BCUT2D eigenvalue weighted by Crippen LogP contribution is 2.28. The number of aliphatic carboxylic acids is 1. The highest BCUT2D eigenvalue weighted by Gasteiger charge is 2.16. The Labute approximate surface area is 136 Å². The summed E-state index contributed by atoms with van der Waals surface area (Å²) < 4.78 is 10.7. The molecule has 6 heteroatoms. The van der Waals surface area contributed by atoms with Crippen LogP contribution in [0.1, 0.15) is 40.2 Å². The first-order valence-electron chi connectivity index (χ1n) is 7.66. The Bertz CT molecular complexity index is 554. The van der Waals surface area contributed by atoms with E-state index in [1.165, 1.54) is 6.92 Å². The number of carbonyl (C=O) groups is 2.